The van der Waals surface area contributed by atoms with E-state index in [4.69, 9.17) is 4.74 Å². The number of nitrogens with one attached hydrogen (secondary N) is 3. The summed E-state index contributed by atoms with van der Waals surface area (Å²) in [6.07, 6.45) is 5.42. The molecular weight excluding hydrogens is 469 g/mol. The summed E-state index contributed by atoms with van der Waals surface area (Å²) in [6.45, 7) is 11.2. The summed E-state index contributed by atoms with van der Waals surface area (Å²) in [6, 6.07) is 8.80. The van der Waals surface area contributed by atoms with E-state index >= 15 is 0 Å². The van der Waals surface area contributed by atoms with E-state index < -0.39 is 15.8 Å². The molecule has 0 aromatic heterocycles. The molecule has 35 heavy (non-hydrogen) atoms. The van der Waals surface area contributed by atoms with Gasteiger partial charge in [0.1, 0.15) is 5.82 Å². The number of rotatable bonds is 11. The highest BCUT2D eigenvalue weighted by Crippen LogP contribution is 2.28. The molecule has 0 saturated heterocycles. The molecule has 0 heterocycles. The van der Waals surface area contributed by atoms with Crippen molar-refractivity contribution in [2.24, 2.45) is 0 Å². The third kappa shape index (κ3) is 8.84. The van der Waals surface area contributed by atoms with E-state index in [-0.39, 0.29) is 29.1 Å². The number of hydrogen-bond donors (Lipinski definition) is 3. The molecule has 0 atom stereocenters. The third-order valence-electron chi connectivity index (χ3n) is 5.11. The van der Waals surface area contributed by atoms with E-state index in [0.717, 1.165) is 23.1 Å². The zero-order valence-corrected chi connectivity index (χ0v) is 21.7. The van der Waals surface area contributed by atoms with Gasteiger partial charge in [-0.1, -0.05) is 45.6 Å². The Labute approximate surface area is 207 Å². The highest BCUT2D eigenvalue weighted by Gasteiger charge is 2.16. The largest absolute Gasteiger partial charge is 0.383 e. The number of amides is 1. The Morgan fingerprint density at radius 1 is 1.17 bits per heavy atom. The summed E-state index contributed by atoms with van der Waals surface area (Å²) < 4.78 is 44.7. The van der Waals surface area contributed by atoms with Crippen LogP contribution in [-0.2, 0) is 31.5 Å². The van der Waals surface area contributed by atoms with Crippen molar-refractivity contribution in [3.05, 3.63) is 71.1 Å². The van der Waals surface area contributed by atoms with Crippen molar-refractivity contribution < 1.29 is 22.3 Å². The van der Waals surface area contributed by atoms with Gasteiger partial charge in [-0.3, -0.25) is 9.52 Å². The number of ether oxygens (including phenoxy) is 1. The van der Waals surface area contributed by atoms with Gasteiger partial charge in [-0.05, 0) is 46.4 Å². The van der Waals surface area contributed by atoms with Gasteiger partial charge in [0.05, 0.1) is 18.6 Å². The van der Waals surface area contributed by atoms with Crippen molar-refractivity contribution >= 4 is 39.5 Å². The van der Waals surface area contributed by atoms with Crippen LogP contribution < -0.4 is 15.4 Å². The van der Waals surface area contributed by atoms with Gasteiger partial charge >= 0.3 is 0 Å². The molecule has 0 aliphatic carbocycles. The minimum absolute atomic E-state index is 0.0245. The molecule has 0 saturated carbocycles. The van der Waals surface area contributed by atoms with Crippen LogP contribution in [0.5, 0.6) is 0 Å². The fraction of sp³-hybridized carbons (Fsp3) is 0.346. The van der Waals surface area contributed by atoms with E-state index in [1.54, 1.807) is 19.3 Å². The number of methoxy groups -OCH3 is 1. The first-order valence-corrected chi connectivity index (χ1v) is 13.0. The number of sulfonamides is 1. The molecule has 190 valence electrons. The minimum atomic E-state index is -3.66. The molecule has 0 aliphatic rings. The molecule has 3 N–H and O–H groups in total. The topological polar surface area (TPSA) is 96.5 Å². The fourth-order valence-electron chi connectivity index (χ4n) is 3.27. The molecule has 2 aromatic carbocycles. The summed E-state index contributed by atoms with van der Waals surface area (Å²) in [7, 11) is -2.02. The second-order valence-electron chi connectivity index (χ2n) is 9.14. The molecule has 0 aliphatic heterocycles. The summed E-state index contributed by atoms with van der Waals surface area (Å²) >= 11 is 0. The number of carbonyl (C=O) groups excluding carboxylic acids is 1. The van der Waals surface area contributed by atoms with Crippen LogP contribution in [0, 0.1) is 5.82 Å². The van der Waals surface area contributed by atoms with Crippen LogP contribution in [0.4, 0.5) is 15.8 Å². The lowest BCUT2D eigenvalue weighted by atomic mass is 9.86. The predicted molar refractivity (Wildman–Crippen MR) is 141 cm³/mol. The van der Waals surface area contributed by atoms with Crippen LogP contribution in [0.3, 0.4) is 0 Å². The van der Waals surface area contributed by atoms with Crippen LogP contribution in [0.25, 0.3) is 12.2 Å². The van der Waals surface area contributed by atoms with E-state index in [1.165, 1.54) is 18.2 Å². The van der Waals surface area contributed by atoms with Gasteiger partial charge in [0.15, 0.2) is 0 Å². The standard InChI is InChI=1S/C26H34FN3O4S/c1-7-19-14-18(15-22(27)25(19)30-35(6,32)33)17-29-24(31)11-9-20-8-10-21(26(2,3)4)16-23(20)28-12-13-34-5/h7-11,14-16,28,30H,1,12-13,17H2,2-6H3,(H,29,31)/b11-9+. The summed E-state index contributed by atoms with van der Waals surface area (Å²) in [5, 5.41) is 6.06. The Balaban J connectivity index is 2.15. The summed E-state index contributed by atoms with van der Waals surface area (Å²) in [5.41, 5.74) is 3.45. The Bertz CT molecular complexity index is 1200. The smallest absolute Gasteiger partial charge is 0.244 e. The second kappa shape index (κ2) is 12.0. The molecule has 9 heteroatoms. The van der Waals surface area contributed by atoms with Gasteiger partial charge in [0.2, 0.25) is 15.9 Å². The number of anilines is 2. The lowest BCUT2D eigenvalue weighted by Crippen LogP contribution is -2.21. The van der Waals surface area contributed by atoms with Crippen LogP contribution in [0.15, 0.2) is 43.0 Å². The number of benzene rings is 2. The molecule has 2 aromatic rings. The van der Waals surface area contributed by atoms with Crippen LogP contribution in [-0.4, -0.2) is 40.8 Å². The molecule has 0 fully saturated rings. The zero-order chi connectivity index (χ0) is 26.2. The van der Waals surface area contributed by atoms with Gasteiger partial charge in [-0.2, -0.15) is 0 Å². The van der Waals surface area contributed by atoms with E-state index in [1.807, 2.05) is 12.1 Å². The van der Waals surface area contributed by atoms with Crippen LogP contribution in [0.1, 0.15) is 43.0 Å². The molecule has 0 spiro atoms. The quantitative estimate of drug-likeness (QED) is 0.309. The van der Waals surface area contributed by atoms with Gasteiger partial charge in [-0.15, -0.1) is 0 Å². The Morgan fingerprint density at radius 2 is 1.89 bits per heavy atom. The van der Waals surface area contributed by atoms with Gasteiger partial charge in [0, 0.05) is 37.5 Å². The number of hydrogen-bond acceptors (Lipinski definition) is 5. The summed E-state index contributed by atoms with van der Waals surface area (Å²) in [5.74, 6) is -1.11. The molecule has 0 radical (unpaired) electrons. The van der Waals surface area contributed by atoms with Gasteiger partial charge in [-0.25, -0.2) is 12.8 Å². The van der Waals surface area contributed by atoms with Crippen molar-refractivity contribution in [3.8, 4) is 0 Å². The molecular formula is C26H34FN3O4S. The minimum Gasteiger partial charge on any atom is -0.383 e. The first kappa shape index (κ1) is 28.1. The zero-order valence-electron chi connectivity index (χ0n) is 20.9. The van der Waals surface area contributed by atoms with Crippen molar-refractivity contribution in [3.63, 3.8) is 0 Å². The van der Waals surface area contributed by atoms with E-state index in [0.29, 0.717) is 18.7 Å². The highest BCUT2D eigenvalue weighted by molar-refractivity contribution is 7.92. The van der Waals surface area contributed by atoms with Crippen LogP contribution in [0.2, 0.25) is 0 Å². The molecule has 0 unspecified atom stereocenters. The maximum Gasteiger partial charge on any atom is 0.244 e. The monoisotopic (exact) mass is 503 g/mol. The number of carbonyl (C=O) groups is 1. The van der Waals surface area contributed by atoms with Crippen molar-refractivity contribution in [2.45, 2.75) is 32.7 Å². The summed E-state index contributed by atoms with van der Waals surface area (Å²) in [4.78, 5) is 12.4. The first-order valence-electron chi connectivity index (χ1n) is 11.1. The second-order valence-corrected chi connectivity index (χ2v) is 10.9. The maximum atomic E-state index is 14.5. The third-order valence-corrected chi connectivity index (χ3v) is 5.68. The van der Waals surface area contributed by atoms with Crippen molar-refractivity contribution in [2.75, 3.05) is 36.6 Å². The van der Waals surface area contributed by atoms with Crippen LogP contribution >= 0.6 is 0 Å². The van der Waals surface area contributed by atoms with E-state index in [2.05, 4.69) is 48.8 Å². The Hall–Kier alpha value is -3.17. The maximum absolute atomic E-state index is 14.5. The SMILES string of the molecule is C=Cc1cc(CNC(=O)/C=C/c2ccc(C(C)(C)C)cc2NCCOC)cc(F)c1NS(C)(=O)=O. The lowest BCUT2D eigenvalue weighted by Gasteiger charge is -2.21. The number of halogens is 1. The molecule has 0 bridgehead atoms. The average molecular weight is 504 g/mol. The first-order chi connectivity index (χ1) is 16.3. The van der Waals surface area contributed by atoms with Gasteiger partial charge < -0.3 is 15.4 Å². The predicted octanol–water partition coefficient (Wildman–Crippen LogP) is 4.53. The molecule has 2 rings (SSSR count). The average Bonchev–Trinajstić information content (AvgIpc) is 2.76. The molecule has 7 nitrogen and oxygen atoms in total. The molecule has 1 amide bonds. The Morgan fingerprint density at radius 3 is 2.49 bits per heavy atom. The van der Waals surface area contributed by atoms with Gasteiger partial charge in [0.25, 0.3) is 0 Å². The fourth-order valence-corrected chi connectivity index (χ4v) is 3.85. The normalized spacial score (nSPS) is 11.9. The lowest BCUT2D eigenvalue weighted by molar-refractivity contribution is -0.116. The highest BCUT2D eigenvalue weighted by atomic mass is 32.2. The van der Waals surface area contributed by atoms with E-state index in [9.17, 15) is 17.6 Å². The Kier molecular flexibility index (Phi) is 9.62. The van der Waals surface area contributed by atoms with Crippen molar-refractivity contribution in [1.82, 2.24) is 5.32 Å². The van der Waals surface area contributed by atoms with Crippen molar-refractivity contribution in [1.29, 1.82) is 0 Å².